The van der Waals surface area contributed by atoms with Gasteiger partial charge in [0.25, 0.3) is 5.91 Å². The highest BCUT2D eigenvalue weighted by Crippen LogP contribution is 2.35. The van der Waals surface area contributed by atoms with Crippen LogP contribution in [0.4, 0.5) is 5.13 Å². The maximum atomic E-state index is 13.6. The van der Waals surface area contributed by atoms with Gasteiger partial charge in [0.2, 0.25) is 0 Å². The van der Waals surface area contributed by atoms with Crippen LogP contribution in [0.3, 0.4) is 0 Å². The summed E-state index contributed by atoms with van der Waals surface area (Å²) in [6, 6.07) is 13.6. The van der Waals surface area contributed by atoms with Gasteiger partial charge in [-0.2, -0.15) is 5.10 Å². The smallest absolute Gasteiger partial charge is 0.260 e. The lowest BCUT2D eigenvalue weighted by atomic mass is 10.2. The highest BCUT2D eigenvalue weighted by Gasteiger charge is 2.24. The van der Waals surface area contributed by atoms with E-state index in [0.717, 1.165) is 4.70 Å². The highest BCUT2D eigenvalue weighted by molar-refractivity contribution is 7.91. The number of fused-ring (bicyclic) bond motifs is 1. The second-order valence-corrected chi connectivity index (χ2v) is 10.5. The molecule has 0 atom stereocenters. The average molecular weight is 485 g/mol. The predicted octanol–water partition coefficient (Wildman–Crippen LogP) is 4.03. The van der Waals surface area contributed by atoms with Crippen molar-refractivity contribution >= 4 is 42.4 Å². The Kier molecular flexibility index (Phi) is 6.75. The van der Waals surface area contributed by atoms with Crippen LogP contribution in [0.1, 0.15) is 24.2 Å². The van der Waals surface area contributed by atoms with Crippen LogP contribution in [0.2, 0.25) is 0 Å². The summed E-state index contributed by atoms with van der Waals surface area (Å²) >= 11 is 1.39. The van der Waals surface area contributed by atoms with E-state index in [1.807, 2.05) is 37.4 Å². The second-order valence-electron chi connectivity index (χ2n) is 7.19. The zero-order chi connectivity index (χ0) is 23.4. The van der Waals surface area contributed by atoms with E-state index in [9.17, 15) is 13.2 Å². The van der Waals surface area contributed by atoms with Crippen molar-refractivity contribution in [3.63, 3.8) is 0 Å². The summed E-state index contributed by atoms with van der Waals surface area (Å²) in [5.41, 5.74) is 0.979. The fourth-order valence-corrected chi connectivity index (χ4v) is 5.30. The van der Waals surface area contributed by atoms with Gasteiger partial charge in [0.1, 0.15) is 11.3 Å². The molecule has 0 aliphatic carbocycles. The summed E-state index contributed by atoms with van der Waals surface area (Å²) in [7, 11) is -3.44. The van der Waals surface area contributed by atoms with Gasteiger partial charge in [-0.25, -0.2) is 13.4 Å². The van der Waals surface area contributed by atoms with E-state index in [2.05, 4.69) is 5.10 Å². The zero-order valence-corrected chi connectivity index (χ0v) is 20.0. The van der Waals surface area contributed by atoms with Crippen LogP contribution in [0.5, 0.6) is 5.75 Å². The molecule has 0 N–H and O–H groups in total. The number of sulfone groups is 1. The average Bonchev–Trinajstić information content (AvgIpc) is 3.50. The number of anilines is 1. The third-order valence-electron chi connectivity index (χ3n) is 5.08. The number of carbonyl (C=O) groups is 1. The van der Waals surface area contributed by atoms with Gasteiger partial charge in [-0.05, 0) is 43.3 Å². The number of nitrogens with zero attached hydrogens (tertiary/aromatic N) is 4. The van der Waals surface area contributed by atoms with Gasteiger partial charge in [0.15, 0.2) is 15.0 Å². The van der Waals surface area contributed by atoms with Crippen LogP contribution < -0.4 is 9.64 Å². The summed E-state index contributed by atoms with van der Waals surface area (Å²) in [5, 5.41) is 4.73. The molecule has 2 heterocycles. The molecule has 8 nitrogen and oxygen atoms in total. The number of thiazole rings is 1. The molecule has 1 amide bonds. The van der Waals surface area contributed by atoms with E-state index >= 15 is 0 Å². The fourth-order valence-electron chi connectivity index (χ4n) is 3.36. The minimum Gasteiger partial charge on any atom is -0.492 e. The van der Waals surface area contributed by atoms with Crippen molar-refractivity contribution < 1.29 is 17.9 Å². The SMILES string of the molecule is CCOc1cccc2sc(N(CCn3cccn3)C(=O)c3cccc(S(=O)(=O)CC)c3)nc12. The summed E-state index contributed by atoms with van der Waals surface area (Å²) in [6.07, 6.45) is 3.50. The lowest BCUT2D eigenvalue weighted by Gasteiger charge is -2.20. The van der Waals surface area contributed by atoms with Crippen molar-refractivity contribution in [2.75, 3.05) is 23.8 Å². The Morgan fingerprint density at radius 3 is 2.70 bits per heavy atom. The van der Waals surface area contributed by atoms with E-state index in [1.165, 1.54) is 23.5 Å². The zero-order valence-electron chi connectivity index (χ0n) is 18.3. The molecule has 0 radical (unpaired) electrons. The number of carbonyl (C=O) groups excluding carboxylic acids is 1. The van der Waals surface area contributed by atoms with Crippen molar-refractivity contribution in [3.8, 4) is 5.75 Å². The van der Waals surface area contributed by atoms with Crippen molar-refractivity contribution in [3.05, 3.63) is 66.5 Å². The van der Waals surface area contributed by atoms with Crippen LogP contribution in [-0.4, -0.2) is 48.0 Å². The van der Waals surface area contributed by atoms with Gasteiger partial charge < -0.3 is 4.74 Å². The van der Waals surface area contributed by atoms with E-state index in [0.29, 0.717) is 36.1 Å². The van der Waals surface area contributed by atoms with Crippen LogP contribution in [-0.2, 0) is 16.4 Å². The summed E-state index contributed by atoms with van der Waals surface area (Å²) < 4.78 is 33.0. The first kappa shape index (κ1) is 22.9. The molecule has 0 unspecified atom stereocenters. The molecule has 10 heteroatoms. The van der Waals surface area contributed by atoms with Gasteiger partial charge in [-0.15, -0.1) is 0 Å². The molecule has 2 aromatic heterocycles. The van der Waals surface area contributed by atoms with Gasteiger partial charge in [0, 0.05) is 24.5 Å². The minimum absolute atomic E-state index is 0.0360. The van der Waals surface area contributed by atoms with E-state index < -0.39 is 9.84 Å². The largest absolute Gasteiger partial charge is 0.492 e. The van der Waals surface area contributed by atoms with E-state index in [1.54, 1.807) is 34.8 Å². The summed E-state index contributed by atoms with van der Waals surface area (Å²) in [4.78, 5) is 20.0. The quantitative estimate of drug-likeness (QED) is 0.356. The number of rotatable bonds is 9. The Morgan fingerprint density at radius 1 is 1.15 bits per heavy atom. The maximum Gasteiger partial charge on any atom is 0.260 e. The number of aromatic nitrogens is 3. The third-order valence-corrected chi connectivity index (χ3v) is 7.85. The summed E-state index contributed by atoms with van der Waals surface area (Å²) in [6.45, 7) is 4.77. The van der Waals surface area contributed by atoms with E-state index in [4.69, 9.17) is 9.72 Å². The Labute approximate surface area is 196 Å². The molecule has 4 rings (SSSR count). The van der Waals surface area contributed by atoms with Crippen molar-refractivity contribution in [2.45, 2.75) is 25.3 Å². The van der Waals surface area contributed by atoms with E-state index in [-0.39, 0.29) is 22.1 Å². The highest BCUT2D eigenvalue weighted by atomic mass is 32.2. The van der Waals surface area contributed by atoms with Crippen LogP contribution in [0.25, 0.3) is 10.2 Å². The molecule has 33 heavy (non-hydrogen) atoms. The maximum absolute atomic E-state index is 13.6. The van der Waals surface area contributed by atoms with Crippen molar-refractivity contribution in [2.24, 2.45) is 0 Å². The number of para-hydroxylation sites is 1. The molecule has 0 fully saturated rings. The molecule has 0 aliphatic heterocycles. The number of hydrogen-bond donors (Lipinski definition) is 0. The van der Waals surface area contributed by atoms with Crippen molar-refractivity contribution in [1.29, 1.82) is 0 Å². The van der Waals surface area contributed by atoms with Crippen LogP contribution in [0.15, 0.2) is 65.8 Å². The first-order valence-corrected chi connectivity index (χ1v) is 13.0. The molecule has 0 bridgehead atoms. The molecule has 172 valence electrons. The first-order valence-electron chi connectivity index (χ1n) is 10.6. The number of amides is 1. The standard InChI is InChI=1S/C23H24N4O4S2/c1-3-31-19-10-6-11-20-21(19)25-23(32-20)27(15-14-26-13-7-12-24-26)22(28)17-8-5-9-18(16-17)33(29,30)4-2/h5-13,16H,3-4,14-15H2,1-2H3. The molecular formula is C23H24N4O4S2. The lowest BCUT2D eigenvalue weighted by molar-refractivity contribution is 0.0985. The van der Waals surface area contributed by atoms with Crippen LogP contribution in [0, 0.1) is 0 Å². The Morgan fingerprint density at radius 2 is 1.97 bits per heavy atom. The summed E-state index contributed by atoms with van der Waals surface area (Å²) in [5.74, 6) is 0.298. The van der Waals surface area contributed by atoms with Crippen LogP contribution >= 0.6 is 11.3 Å². The van der Waals surface area contributed by atoms with Gasteiger partial charge >= 0.3 is 0 Å². The number of hydrogen-bond acceptors (Lipinski definition) is 7. The minimum atomic E-state index is -3.44. The number of ether oxygens (including phenoxy) is 1. The molecule has 0 aliphatic rings. The lowest BCUT2D eigenvalue weighted by Crippen LogP contribution is -2.34. The Hall–Kier alpha value is -3.24. The van der Waals surface area contributed by atoms with Gasteiger partial charge in [-0.1, -0.05) is 30.4 Å². The normalized spacial score (nSPS) is 11.6. The molecule has 0 saturated heterocycles. The van der Waals surface area contributed by atoms with Gasteiger partial charge in [-0.3, -0.25) is 14.4 Å². The molecule has 4 aromatic rings. The monoisotopic (exact) mass is 484 g/mol. The Bertz CT molecular complexity index is 1360. The van der Waals surface area contributed by atoms with Gasteiger partial charge in [0.05, 0.1) is 28.5 Å². The molecule has 0 saturated carbocycles. The molecule has 0 spiro atoms. The molecular weight excluding hydrogens is 460 g/mol. The predicted molar refractivity (Wildman–Crippen MR) is 129 cm³/mol. The topological polar surface area (TPSA) is 94.4 Å². The Balaban J connectivity index is 1.74. The second kappa shape index (κ2) is 9.72. The number of benzene rings is 2. The van der Waals surface area contributed by atoms with Crippen molar-refractivity contribution in [1.82, 2.24) is 14.8 Å². The molecule has 2 aromatic carbocycles. The first-order chi connectivity index (χ1) is 15.9. The third kappa shape index (κ3) is 4.91. The fraction of sp³-hybridized carbons (Fsp3) is 0.261.